The van der Waals surface area contributed by atoms with E-state index in [1.54, 1.807) is 6.07 Å². The average Bonchev–Trinajstić information content (AvgIpc) is 2.51. The summed E-state index contributed by atoms with van der Waals surface area (Å²) in [7, 11) is 2.76. The number of hydrogen-bond acceptors (Lipinski definition) is 6. The minimum Gasteiger partial charge on any atom is -0.384 e. The van der Waals surface area contributed by atoms with Crippen molar-refractivity contribution in [1.82, 2.24) is 9.13 Å². The lowest BCUT2D eigenvalue weighted by molar-refractivity contribution is -0.384. The third kappa shape index (κ3) is 2.64. The standard InChI is InChI=1S/C13H13N5O4/c1-16-11(14)10(12(19)17(2)13(16)20)7-15-8-4-3-5-9(6-8)18(21)22/h3-7H,14H2,1-2H3. The molecule has 0 aliphatic heterocycles. The highest BCUT2D eigenvalue weighted by molar-refractivity contribution is 5.86. The fourth-order valence-electron chi connectivity index (χ4n) is 1.83. The highest BCUT2D eigenvalue weighted by Gasteiger charge is 2.11. The number of anilines is 1. The minimum absolute atomic E-state index is 0.0257. The number of nitrogen functional groups attached to an aromatic ring is 1. The van der Waals surface area contributed by atoms with E-state index in [0.29, 0.717) is 5.69 Å². The number of nitrogens with two attached hydrogens (primary N) is 1. The number of rotatable bonds is 3. The quantitative estimate of drug-likeness (QED) is 0.496. The summed E-state index contributed by atoms with van der Waals surface area (Å²) in [5.74, 6) is -0.0257. The van der Waals surface area contributed by atoms with Gasteiger partial charge in [0.25, 0.3) is 11.2 Å². The number of nitrogens with zero attached hydrogens (tertiary/aromatic N) is 4. The number of benzene rings is 1. The SMILES string of the molecule is Cn1c(N)c(C=Nc2cccc([N+](=O)[O-])c2)c(=O)n(C)c1=O. The second kappa shape index (κ2) is 5.64. The van der Waals surface area contributed by atoms with Gasteiger partial charge in [0, 0.05) is 32.4 Å². The average molecular weight is 303 g/mol. The Morgan fingerprint density at radius 3 is 2.59 bits per heavy atom. The molecule has 0 bridgehead atoms. The highest BCUT2D eigenvalue weighted by Crippen LogP contribution is 2.19. The van der Waals surface area contributed by atoms with Crippen LogP contribution in [0.5, 0.6) is 0 Å². The van der Waals surface area contributed by atoms with Crippen LogP contribution < -0.4 is 17.0 Å². The maximum absolute atomic E-state index is 12.0. The molecule has 114 valence electrons. The van der Waals surface area contributed by atoms with Gasteiger partial charge in [0.2, 0.25) is 0 Å². The number of nitro benzene ring substituents is 1. The van der Waals surface area contributed by atoms with Crippen LogP contribution in [0.4, 0.5) is 17.2 Å². The molecule has 1 aromatic carbocycles. The van der Waals surface area contributed by atoms with Crippen molar-refractivity contribution < 1.29 is 4.92 Å². The van der Waals surface area contributed by atoms with Crippen molar-refractivity contribution in [2.45, 2.75) is 0 Å². The van der Waals surface area contributed by atoms with Crippen LogP contribution in [0, 0.1) is 10.1 Å². The zero-order chi connectivity index (χ0) is 16.4. The molecule has 0 atom stereocenters. The van der Waals surface area contributed by atoms with Crippen LogP contribution in [0.1, 0.15) is 5.56 Å². The number of aliphatic imine (C=N–C) groups is 1. The first kappa shape index (κ1) is 15.2. The molecule has 1 aromatic heterocycles. The van der Waals surface area contributed by atoms with E-state index in [1.165, 1.54) is 38.5 Å². The molecule has 0 unspecified atom stereocenters. The zero-order valence-electron chi connectivity index (χ0n) is 11.9. The number of hydrogen-bond donors (Lipinski definition) is 1. The van der Waals surface area contributed by atoms with E-state index in [1.807, 2.05) is 0 Å². The van der Waals surface area contributed by atoms with Gasteiger partial charge < -0.3 is 5.73 Å². The second-order valence-electron chi connectivity index (χ2n) is 4.54. The smallest absolute Gasteiger partial charge is 0.332 e. The summed E-state index contributed by atoms with van der Waals surface area (Å²) >= 11 is 0. The Labute approximate surface area is 124 Å². The molecule has 0 spiro atoms. The first-order valence-corrected chi connectivity index (χ1v) is 6.17. The molecular weight excluding hydrogens is 290 g/mol. The number of aromatic nitrogens is 2. The fraction of sp³-hybridized carbons (Fsp3) is 0.154. The van der Waals surface area contributed by atoms with E-state index in [4.69, 9.17) is 5.73 Å². The van der Waals surface area contributed by atoms with Gasteiger partial charge in [0.1, 0.15) is 5.82 Å². The highest BCUT2D eigenvalue weighted by atomic mass is 16.6. The van der Waals surface area contributed by atoms with E-state index in [2.05, 4.69) is 4.99 Å². The summed E-state index contributed by atoms with van der Waals surface area (Å²) < 4.78 is 2.03. The largest absolute Gasteiger partial charge is 0.384 e. The van der Waals surface area contributed by atoms with Gasteiger partial charge in [-0.1, -0.05) is 6.07 Å². The Balaban J connectivity index is 2.52. The lowest BCUT2D eigenvalue weighted by Gasteiger charge is -2.08. The maximum Gasteiger partial charge on any atom is 0.332 e. The molecule has 0 amide bonds. The summed E-state index contributed by atoms with van der Waals surface area (Å²) in [4.78, 5) is 37.9. The molecule has 9 nitrogen and oxygen atoms in total. The fourth-order valence-corrected chi connectivity index (χ4v) is 1.83. The van der Waals surface area contributed by atoms with Crippen molar-refractivity contribution >= 4 is 23.4 Å². The Morgan fingerprint density at radius 1 is 1.27 bits per heavy atom. The molecule has 9 heteroatoms. The van der Waals surface area contributed by atoms with Crippen LogP contribution in [-0.4, -0.2) is 20.3 Å². The van der Waals surface area contributed by atoms with Crippen molar-refractivity contribution in [3.8, 4) is 0 Å². The Hall–Kier alpha value is -3.23. The maximum atomic E-state index is 12.0. The summed E-state index contributed by atoms with van der Waals surface area (Å²) in [6.45, 7) is 0. The van der Waals surface area contributed by atoms with Crippen LogP contribution >= 0.6 is 0 Å². The lowest BCUT2D eigenvalue weighted by atomic mass is 10.2. The van der Waals surface area contributed by atoms with E-state index in [9.17, 15) is 19.7 Å². The van der Waals surface area contributed by atoms with Crippen LogP contribution in [0.25, 0.3) is 0 Å². The predicted molar refractivity (Wildman–Crippen MR) is 81.7 cm³/mol. The topological polar surface area (TPSA) is 126 Å². The Bertz CT molecular complexity index is 894. The van der Waals surface area contributed by atoms with Crippen LogP contribution in [0.15, 0.2) is 38.8 Å². The molecular formula is C13H13N5O4. The summed E-state index contributed by atoms with van der Waals surface area (Å²) in [5, 5.41) is 10.7. The van der Waals surface area contributed by atoms with Gasteiger partial charge >= 0.3 is 5.69 Å². The van der Waals surface area contributed by atoms with E-state index < -0.39 is 16.2 Å². The van der Waals surface area contributed by atoms with Crippen molar-refractivity contribution in [2.75, 3.05) is 5.73 Å². The van der Waals surface area contributed by atoms with Crippen molar-refractivity contribution in [1.29, 1.82) is 0 Å². The van der Waals surface area contributed by atoms with Crippen LogP contribution in [-0.2, 0) is 14.1 Å². The molecule has 0 fully saturated rings. The third-order valence-corrected chi connectivity index (χ3v) is 3.13. The number of nitro groups is 1. The summed E-state index contributed by atoms with van der Waals surface area (Å²) in [5.41, 5.74) is 4.83. The van der Waals surface area contributed by atoms with Gasteiger partial charge in [-0.3, -0.25) is 29.0 Å². The van der Waals surface area contributed by atoms with Gasteiger partial charge in [-0.25, -0.2) is 4.79 Å². The predicted octanol–water partition coefficient (Wildman–Crippen LogP) is 0.325. The Morgan fingerprint density at radius 2 is 1.95 bits per heavy atom. The molecule has 1 heterocycles. The molecule has 2 N–H and O–H groups in total. The van der Waals surface area contributed by atoms with Crippen molar-refractivity contribution in [2.24, 2.45) is 19.1 Å². The first-order valence-electron chi connectivity index (χ1n) is 6.17. The molecule has 2 aromatic rings. The molecule has 22 heavy (non-hydrogen) atoms. The van der Waals surface area contributed by atoms with E-state index in [0.717, 1.165) is 9.13 Å². The normalized spacial score (nSPS) is 11.0. The van der Waals surface area contributed by atoms with Gasteiger partial charge in [-0.2, -0.15) is 0 Å². The molecule has 2 rings (SSSR count). The first-order chi connectivity index (χ1) is 10.3. The van der Waals surface area contributed by atoms with Crippen LogP contribution in [0.3, 0.4) is 0 Å². The Kier molecular flexibility index (Phi) is 3.89. The van der Waals surface area contributed by atoms with Gasteiger partial charge in [0.15, 0.2) is 0 Å². The van der Waals surface area contributed by atoms with Gasteiger partial charge in [-0.15, -0.1) is 0 Å². The third-order valence-electron chi connectivity index (χ3n) is 3.13. The molecule has 0 aliphatic carbocycles. The van der Waals surface area contributed by atoms with Crippen molar-refractivity contribution in [3.63, 3.8) is 0 Å². The zero-order valence-corrected chi connectivity index (χ0v) is 11.9. The van der Waals surface area contributed by atoms with E-state index >= 15 is 0 Å². The van der Waals surface area contributed by atoms with E-state index in [-0.39, 0.29) is 17.1 Å². The second-order valence-corrected chi connectivity index (χ2v) is 4.54. The summed E-state index contributed by atoms with van der Waals surface area (Å²) in [6, 6.07) is 5.62. The van der Waals surface area contributed by atoms with Gasteiger partial charge in [-0.05, 0) is 6.07 Å². The molecule has 0 aliphatic rings. The summed E-state index contributed by atoms with van der Waals surface area (Å²) in [6.07, 6.45) is 1.19. The molecule has 0 radical (unpaired) electrons. The monoisotopic (exact) mass is 303 g/mol. The molecule has 0 saturated carbocycles. The lowest BCUT2D eigenvalue weighted by Crippen LogP contribution is -2.40. The van der Waals surface area contributed by atoms with Gasteiger partial charge in [0.05, 0.1) is 16.2 Å². The molecule has 0 saturated heterocycles. The minimum atomic E-state index is -0.588. The number of non-ortho nitro benzene ring substituents is 1. The van der Waals surface area contributed by atoms with Crippen LogP contribution in [0.2, 0.25) is 0 Å². The van der Waals surface area contributed by atoms with Crippen molar-refractivity contribution in [3.05, 3.63) is 60.8 Å².